The summed E-state index contributed by atoms with van der Waals surface area (Å²) in [6, 6.07) is 2.58. The Bertz CT molecular complexity index is 403. The second kappa shape index (κ2) is 5.55. The van der Waals surface area contributed by atoms with E-state index in [-0.39, 0.29) is 0 Å². The maximum Gasteiger partial charge on any atom is 0.115 e. The molecule has 4 nitrogen and oxygen atoms in total. The Morgan fingerprint density at radius 1 is 1.42 bits per heavy atom. The van der Waals surface area contributed by atoms with E-state index < -0.39 is 0 Å². The van der Waals surface area contributed by atoms with E-state index in [1.54, 1.807) is 12.5 Å². The SMILES string of the molecule is CCOC1CC(NCc2ccncn2)C12CCCC2. The minimum Gasteiger partial charge on any atom is -0.378 e. The van der Waals surface area contributed by atoms with Crippen molar-refractivity contribution >= 4 is 0 Å². The lowest BCUT2D eigenvalue weighted by Gasteiger charge is -2.54. The zero-order valence-electron chi connectivity index (χ0n) is 11.6. The molecule has 0 aliphatic heterocycles. The van der Waals surface area contributed by atoms with Crippen LogP contribution in [-0.4, -0.2) is 28.7 Å². The Morgan fingerprint density at radius 2 is 2.26 bits per heavy atom. The highest BCUT2D eigenvalue weighted by atomic mass is 16.5. The number of aromatic nitrogens is 2. The molecule has 4 heteroatoms. The summed E-state index contributed by atoms with van der Waals surface area (Å²) in [5.41, 5.74) is 1.48. The Morgan fingerprint density at radius 3 is 2.95 bits per heavy atom. The first-order chi connectivity index (χ1) is 9.35. The number of hydrogen-bond acceptors (Lipinski definition) is 4. The van der Waals surface area contributed by atoms with E-state index in [1.165, 1.54) is 25.7 Å². The summed E-state index contributed by atoms with van der Waals surface area (Å²) in [6.07, 6.45) is 10.4. The first-order valence-electron chi connectivity index (χ1n) is 7.45. The van der Waals surface area contributed by atoms with Crippen molar-refractivity contribution in [2.24, 2.45) is 5.41 Å². The topological polar surface area (TPSA) is 47.0 Å². The third-order valence-electron chi connectivity index (χ3n) is 4.86. The molecule has 1 spiro atoms. The van der Waals surface area contributed by atoms with Gasteiger partial charge in [0, 0.05) is 30.8 Å². The van der Waals surface area contributed by atoms with E-state index in [4.69, 9.17) is 4.74 Å². The number of nitrogens with zero attached hydrogens (tertiary/aromatic N) is 2. The van der Waals surface area contributed by atoms with E-state index in [2.05, 4.69) is 22.2 Å². The second-order valence-corrected chi connectivity index (χ2v) is 5.75. The van der Waals surface area contributed by atoms with E-state index in [0.717, 1.165) is 25.3 Å². The second-order valence-electron chi connectivity index (χ2n) is 5.75. The van der Waals surface area contributed by atoms with Gasteiger partial charge in [0.25, 0.3) is 0 Å². The quantitative estimate of drug-likeness (QED) is 0.883. The molecule has 2 fully saturated rings. The Balaban J connectivity index is 1.59. The lowest BCUT2D eigenvalue weighted by Crippen LogP contribution is -2.62. The van der Waals surface area contributed by atoms with Crippen molar-refractivity contribution < 1.29 is 4.74 Å². The standard InChI is InChI=1S/C15H23N3O/c1-2-19-14-9-13(15(14)6-3-4-7-15)17-10-12-5-8-16-11-18-12/h5,8,11,13-14,17H,2-4,6-7,9-10H2,1H3. The van der Waals surface area contributed by atoms with Gasteiger partial charge in [-0.2, -0.15) is 0 Å². The summed E-state index contributed by atoms with van der Waals surface area (Å²) >= 11 is 0. The van der Waals surface area contributed by atoms with Crippen LogP contribution in [0, 0.1) is 5.41 Å². The maximum atomic E-state index is 5.93. The minimum absolute atomic E-state index is 0.406. The van der Waals surface area contributed by atoms with Crippen molar-refractivity contribution in [2.45, 2.75) is 57.7 Å². The molecule has 2 aliphatic rings. The van der Waals surface area contributed by atoms with Gasteiger partial charge in [0.15, 0.2) is 0 Å². The van der Waals surface area contributed by atoms with Crippen molar-refractivity contribution in [1.82, 2.24) is 15.3 Å². The fraction of sp³-hybridized carbons (Fsp3) is 0.733. The molecule has 19 heavy (non-hydrogen) atoms. The lowest BCUT2D eigenvalue weighted by molar-refractivity contribution is -0.130. The van der Waals surface area contributed by atoms with Crippen LogP contribution in [-0.2, 0) is 11.3 Å². The van der Waals surface area contributed by atoms with E-state index in [1.807, 2.05) is 6.07 Å². The molecule has 2 aliphatic carbocycles. The molecule has 0 aromatic carbocycles. The first kappa shape index (κ1) is 13.0. The Hall–Kier alpha value is -1.00. The van der Waals surface area contributed by atoms with Crippen molar-refractivity contribution in [3.05, 3.63) is 24.3 Å². The van der Waals surface area contributed by atoms with Crippen LogP contribution in [0.4, 0.5) is 0 Å². The first-order valence-corrected chi connectivity index (χ1v) is 7.45. The molecule has 2 atom stereocenters. The van der Waals surface area contributed by atoms with Gasteiger partial charge in [0.1, 0.15) is 6.33 Å². The summed E-state index contributed by atoms with van der Waals surface area (Å²) in [5, 5.41) is 3.69. The van der Waals surface area contributed by atoms with Gasteiger partial charge in [0.05, 0.1) is 11.8 Å². The van der Waals surface area contributed by atoms with Crippen LogP contribution < -0.4 is 5.32 Å². The molecule has 104 valence electrons. The van der Waals surface area contributed by atoms with Crippen LogP contribution in [0.15, 0.2) is 18.6 Å². The molecular formula is C15H23N3O. The van der Waals surface area contributed by atoms with Crippen LogP contribution in [0.5, 0.6) is 0 Å². The molecule has 0 bridgehead atoms. The van der Waals surface area contributed by atoms with Crippen molar-refractivity contribution in [2.75, 3.05) is 6.61 Å². The van der Waals surface area contributed by atoms with Gasteiger partial charge in [-0.3, -0.25) is 0 Å². The Kier molecular flexibility index (Phi) is 3.80. The zero-order chi connectivity index (χ0) is 13.1. The maximum absolute atomic E-state index is 5.93. The minimum atomic E-state index is 0.406. The molecule has 1 N–H and O–H groups in total. The van der Waals surface area contributed by atoms with E-state index >= 15 is 0 Å². The zero-order valence-corrected chi connectivity index (χ0v) is 11.6. The van der Waals surface area contributed by atoms with Crippen LogP contribution >= 0.6 is 0 Å². The summed E-state index contributed by atoms with van der Waals surface area (Å²) in [5.74, 6) is 0. The third-order valence-corrected chi connectivity index (χ3v) is 4.86. The molecule has 0 radical (unpaired) electrons. The predicted molar refractivity (Wildman–Crippen MR) is 73.6 cm³/mol. The largest absolute Gasteiger partial charge is 0.378 e. The average molecular weight is 261 g/mol. The molecule has 2 saturated carbocycles. The fourth-order valence-corrected chi connectivity index (χ4v) is 3.82. The molecule has 3 rings (SSSR count). The van der Waals surface area contributed by atoms with Crippen LogP contribution in [0.2, 0.25) is 0 Å². The summed E-state index contributed by atoms with van der Waals surface area (Å²) in [4.78, 5) is 8.23. The normalized spacial score (nSPS) is 28.5. The molecule has 1 aromatic rings. The molecule has 2 unspecified atom stereocenters. The third kappa shape index (κ3) is 2.39. The highest BCUT2D eigenvalue weighted by Crippen LogP contribution is 2.54. The number of nitrogens with one attached hydrogen (secondary N) is 1. The van der Waals surface area contributed by atoms with Crippen LogP contribution in [0.25, 0.3) is 0 Å². The summed E-state index contributed by atoms with van der Waals surface area (Å²) in [6.45, 7) is 3.78. The van der Waals surface area contributed by atoms with E-state index in [0.29, 0.717) is 17.6 Å². The van der Waals surface area contributed by atoms with E-state index in [9.17, 15) is 0 Å². The van der Waals surface area contributed by atoms with Gasteiger partial charge in [-0.05, 0) is 32.3 Å². The van der Waals surface area contributed by atoms with Gasteiger partial charge < -0.3 is 10.1 Å². The summed E-state index contributed by atoms with van der Waals surface area (Å²) < 4.78 is 5.93. The van der Waals surface area contributed by atoms with Gasteiger partial charge in [-0.25, -0.2) is 9.97 Å². The molecule has 1 heterocycles. The van der Waals surface area contributed by atoms with Gasteiger partial charge in [-0.15, -0.1) is 0 Å². The number of hydrogen-bond donors (Lipinski definition) is 1. The van der Waals surface area contributed by atoms with Gasteiger partial charge in [0.2, 0.25) is 0 Å². The smallest absolute Gasteiger partial charge is 0.115 e. The van der Waals surface area contributed by atoms with Gasteiger partial charge in [-0.1, -0.05) is 12.8 Å². The lowest BCUT2D eigenvalue weighted by atomic mass is 9.60. The average Bonchev–Trinajstić information content (AvgIpc) is 2.95. The summed E-state index contributed by atoms with van der Waals surface area (Å²) in [7, 11) is 0. The molecule has 0 amide bonds. The van der Waals surface area contributed by atoms with Crippen LogP contribution in [0.1, 0.15) is 44.7 Å². The number of rotatable bonds is 5. The van der Waals surface area contributed by atoms with Crippen molar-refractivity contribution in [3.63, 3.8) is 0 Å². The highest BCUT2D eigenvalue weighted by Gasteiger charge is 2.56. The van der Waals surface area contributed by atoms with Crippen molar-refractivity contribution in [3.8, 4) is 0 Å². The Labute approximate surface area is 115 Å². The molecule has 0 saturated heterocycles. The van der Waals surface area contributed by atoms with Crippen molar-refractivity contribution in [1.29, 1.82) is 0 Å². The predicted octanol–water partition coefficient (Wildman–Crippen LogP) is 2.30. The fourth-order valence-electron chi connectivity index (χ4n) is 3.82. The molecular weight excluding hydrogens is 238 g/mol. The monoisotopic (exact) mass is 261 g/mol. The highest BCUT2D eigenvalue weighted by molar-refractivity contribution is 5.11. The number of ether oxygens (including phenoxy) is 1. The van der Waals surface area contributed by atoms with Crippen LogP contribution in [0.3, 0.4) is 0 Å². The van der Waals surface area contributed by atoms with Gasteiger partial charge >= 0.3 is 0 Å². The molecule has 1 aromatic heterocycles.